The maximum atomic E-state index is 11.3. The van der Waals surface area contributed by atoms with Crippen molar-refractivity contribution in [1.29, 1.82) is 0 Å². The Labute approximate surface area is 106 Å². The maximum absolute atomic E-state index is 11.3. The third-order valence-corrected chi connectivity index (χ3v) is 3.97. The average Bonchev–Trinajstić information content (AvgIpc) is 2.24. The molecule has 1 heterocycles. The van der Waals surface area contributed by atoms with Gasteiger partial charge in [0.05, 0.1) is 7.11 Å². The normalized spacial score (nSPS) is 30.1. The molecule has 5 heteroatoms. The number of carbonyl (C=O) groups is 1. The Morgan fingerprint density at radius 3 is 2.38 bits per heavy atom. The lowest BCUT2D eigenvalue weighted by atomic mass is 10.1. The molecule has 16 heavy (non-hydrogen) atoms. The number of esters is 1. The first-order valence-electron chi connectivity index (χ1n) is 5.62. The summed E-state index contributed by atoms with van der Waals surface area (Å²) in [6, 6.07) is 1.06. The van der Waals surface area contributed by atoms with Crippen LogP contribution in [0.5, 0.6) is 0 Å². The van der Waals surface area contributed by atoms with Gasteiger partial charge in [-0.05, 0) is 20.9 Å². The molecule has 94 valence electrons. The van der Waals surface area contributed by atoms with E-state index in [0.29, 0.717) is 12.1 Å². The number of ether oxygens (including phenoxy) is 1. The standard InChI is InChI=1S/C11H21BrN2O2/c1-8-5-14(6-9(2)13(8)3)7-10(12)11(15)16-4/h8-10H,5-7H2,1-4H3. The number of hydrogen-bond acceptors (Lipinski definition) is 4. The van der Waals surface area contributed by atoms with Crippen LogP contribution in [0.15, 0.2) is 0 Å². The molecule has 0 aliphatic carbocycles. The molecule has 0 amide bonds. The van der Waals surface area contributed by atoms with Crippen LogP contribution < -0.4 is 0 Å². The Morgan fingerprint density at radius 1 is 1.44 bits per heavy atom. The minimum atomic E-state index is -0.222. The molecule has 3 atom stereocenters. The second kappa shape index (κ2) is 5.98. The quantitative estimate of drug-likeness (QED) is 0.573. The van der Waals surface area contributed by atoms with E-state index in [1.165, 1.54) is 7.11 Å². The Kier molecular flexibility index (Phi) is 5.21. The van der Waals surface area contributed by atoms with E-state index in [1.54, 1.807) is 0 Å². The summed E-state index contributed by atoms with van der Waals surface area (Å²) in [6.07, 6.45) is 0. The summed E-state index contributed by atoms with van der Waals surface area (Å²) < 4.78 is 4.71. The van der Waals surface area contributed by atoms with Crippen LogP contribution in [0.3, 0.4) is 0 Å². The van der Waals surface area contributed by atoms with E-state index in [0.717, 1.165) is 19.6 Å². The van der Waals surface area contributed by atoms with Crippen molar-refractivity contribution in [3.63, 3.8) is 0 Å². The molecule has 1 aliphatic rings. The van der Waals surface area contributed by atoms with Gasteiger partial charge in [-0.3, -0.25) is 14.6 Å². The summed E-state index contributed by atoms with van der Waals surface area (Å²) in [7, 11) is 3.57. The number of nitrogens with zero attached hydrogens (tertiary/aromatic N) is 2. The Bertz CT molecular complexity index is 238. The lowest BCUT2D eigenvalue weighted by Gasteiger charge is -2.42. The van der Waals surface area contributed by atoms with Crippen molar-refractivity contribution in [3.05, 3.63) is 0 Å². The smallest absolute Gasteiger partial charge is 0.320 e. The number of rotatable bonds is 3. The minimum absolute atomic E-state index is 0.195. The van der Waals surface area contributed by atoms with Gasteiger partial charge in [-0.1, -0.05) is 15.9 Å². The van der Waals surface area contributed by atoms with Crippen LogP contribution >= 0.6 is 15.9 Å². The highest BCUT2D eigenvalue weighted by atomic mass is 79.9. The molecule has 0 aromatic carbocycles. The lowest BCUT2D eigenvalue weighted by molar-refractivity contribution is -0.140. The maximum Gasteiger partial charge on any atom is 0.320 e. The van der Waals surface area contributed by atoms with Crippen molar-refractivity contribution in [2.75, 3.05) is 33.8 Å². The molecule has 4 nitrogen and oxygen atoms in total. The molecule has 0 N–H and O–H groups in total. The van der Waals surface area contributed by atoms with E-state index < -0.39 is 0 Å². The van der Waals surface area contributed by atoms with E-state index in [1.807, 2.05) is 0 Å². The molecule has 1 saturated heterocycles. The molecular weight excluding hydrogens is 272 g/mol. The molecule has 1 fully saturated rings. The monoisotopic (exact) mass is 292 g/mol. The van der Waals surface area contributed by atoms with Gasteiger partial charge in [0.15, 0.2) is 0 Å². The van der Waals surface area contributed by atoms with Crippen molar-refractivity contribution >= 4 is 21.9 Å². The van der Waals surface area contributed by atoms with Gasteiger partial charge in [-0.2, -0.15) is 0 Å². The van der Waals surface area contributed by atoms with Gasteiger partial charge in [-0.15, -0.1) is 0 Å². The second-order valence-corrected chi connectivity index (χ2v) is 5.68. The number of likely N-dealkylation sites (N-methyl/N-ethyl adjacent to an activating group) is 1. The van der Waals surface area contributed by atoms with Gasteiger partial charge in [0.1, 0.15) is 4.83 Å². The lowest BCUT2D eigenvalue weighted by Crippen LogP contribution is -2.56. The summed E-state index contributed by atoms with van der Waals surface area (Å²) >= 11 is 3.36. The van der Waals surface area contributed by atoms with Crippen molar-refractivity contribution in [2.45, 2.75) is 30.8 Å². The number of alkyl halides is 1. The van der Waals surface area contributed by atoms with Crippen molar-refractivity contribution in [3.8, 4) is 0 Å². The van der Waals surface area contributed by atoms with Gasteiger partial charge in [0.25, 0.3) is 0 Å². The molecule has 3 unspecified atom stereocenters. The molecule has 1 rings (SSSR count). The fourth-order valence-electron chi connectivity index (χ4n) is 2.09. The Morgan fingerprint density at radius 2 is 1.94 bits per heavy atom. The van der Waals surface area contributed by atoms with Crippen molar-refractivity contribution in [1.82, 2.24) is 9.80 Å². The highest BCUT2D eigenvalue weighted by Gasteiger charge is 2.29. The summed E-state index contributed by atoms with van der Waals surface area (Å²) in [6.45, 7) is 7.14. The van der Waals surface area contributed by atoms with Crippen molar-refractivity contribution in [2.24, 2.45) is 0 Å². The van der Waals surface area contributed by atoms with E-state index in [-0.39, 0.29) is 10.8 Å². The van der Waals surface area contributed by atoms with Crippen LogP contribution in [0.2, 0.25) is 0 Å². The molecular formula is C11H21BrN2O2. The first-order valence-corrected chi connectivity index (χ1v) is 6.53. The molecule has 0 aromatic heterocycles. The van der Waals surface area contributed by atoms with E-state index in [4.69, 9.17) is 4.74 Å². The van der Waals surface area contributed by atoms with Crippen LogP contribution in [0, 0.1) is 0 Å². The molecule has 0 aromatic rings. The number of piperazine rings is 1. The Balaban J connectivity index is 2.47. The summed E-state index contributed by atoms with van der Waals surface area (Å²) in [4.78, 5) is 15.8. The highest BCUT2D eigenvalue weighted by molar-refractivity contribution is 9.10. The molecule has 1 aliphatic heterocycles. The fourth-order valence-corrected chi connectivity index (χ4v) is 2.69. The van der Waals surface area contributed by atoms with Crippen molar-refractivity contribution < 1.29 is 9.53 Å². The zero-order valence-corrected chi connectivity index (χ0v) is 12.0. The van der Waals surface area contributed by atoms with Crippen LogP contribution in [0.4, 0.5) is 0 Å². The fraction of sp³-hybridized carbons (Fsp3) is 0.909. The van der Waals surface area contributed by atoms with Crippen LogP contribution in [-0.2, 0) is 9.53 Å². The Hall–Kier alpha value is -0.130. The summed E-state index contributed by atoms with van der Waals surface area (Å²) in [5.74, 6) is -0.195. The van der Waals surface area contributed by atoms with E-state index in [9.17, 15) is 4.79 Å². The molecule has 0 spiro atoms. The van der Waals surface area contributed by atoms with E-state index in [2.05, 4.69) is 46.6 Å². The van der Waals surface area contributed by atoms with Crippen LogP contribution in [0.25, 0.3) is 0 Å². The zero-order chi connectivity index (χ0) is 12.3. The topological polar surface area (TPSA) is 32.8 Å². The van der Waals surface area contributed by atoms with Crippen LogP contribution in [0.1, 0.15) is 13.8 Å². The zero-order valence-electron chi connectivity index (χ0n) is 10.4. The second-order valence-electron chi connectivity index (χ2n) is 4.57. The predicted octanol–water partition coefficient (Wildman–Crippen LogP) is 0.947. The first-order chi connectivity index (χ1) is 7.45. The predicted molar refractivity (Wildman–Crippen MR) is 67.9 cm³/mol. The third-order valence-electron chi connectivity index (χ3n) is 3.31. The van der Waals surface area contributed by atoms with Gasteiger partial charge in [0.2, 0.25) is 0 Å². The number of hydrogen-bond donors (Lipinski definition) is 0. The molecule has 0 saturated carbocycles. The number of methoxy groups -OCH3 is 1. The third kappa shape index (κ3) is 3.43. The number of carbonyl (C=O) groups excluding carboxylic acids is 1. The molecule has 0 bridgehead atoms. The summed E-state index contributed by atoms with van der Waals surface area (Å²) in [5, 5.41) is 0. The SMILES string of the molecule is COC(=O)C(Br)CN1CC(C)N(C)C(C)C1. The average molecular weight is 293 g/mol. The minimum Gasteiger partial charge on any atom is -0.468 e. The van der Waals surface area contributed by atoms with Gasteiger partial charge < -0.3 is 4.74 Å². The van der Waals surface area contributed by atoms with Gasteiger partial charge in [0, 0.05) is 31.7 Å². The highest BCUT2D eigenvalue weighted by Crippen LogP contribution is 2.15. The number of halogens is 1. The summed E-state index contributed by atoms with van der Waals surface area (Å²) in [5.41, 5.74) is 0. The largest absolute Gasteiger partial charge is 0.468 e. The van der Waals surface area contributed by atoms with Gasteiger partial charge in [-0.25, -0.2) is 0 Å². The van der Waals surface area contributed by atoms with Crippen LogP contribution in [-0.4, -0.2) is 66.5 Å². The molecule has 0 radical (unpaired) electrons. The van der Waals surface area contributed by atoms with E-state index >= 15 is 0 Å². The van der Waals surface area contributed by atoms with Gasteiger partial charge >= 0.3 is 5.97 Å². The first kappa shape index (κ1) is 13.9.